The van der Waals surface area contributed by atoms with Gasteiger partial charge in [-0.1, -0.05) is 23.8 Å². The molecule has 0 saturated heterocycles. The molecule has 0 spiro atoms. The van der Waals surface area contributed by atoms with Crippen LogP contribution in [-0.4, -0.2) is 20.0 Å². The summed E-state index contributed by atoms with van der Waals surface area (Å²) < 4.78 is 2.45. The molecule has 0 aliphatic carbocycles. The Morgan fingerprint density at radius 2 is 1.81 bits per heavy atom. The fourth-order valence-electron chi connectivity index (χ4n) is 3.79. The number of aryl methyl sites for hydroxylation is 3. The number of carbonyl (C=O) groups excluding carboxylic acids is 1. The van der Waals surface area contributed by atoms with E-state index in [4.69, 9.17) is 0 Å². The van der Waals surface area contributed by atoms with Crippen LogP contribution in [0.15, 0.2) is 57.6 Å². The lowest BCUT2D eigenvalue weighted by Crippen LogP contribution is -2.42. The molecule has 7 nitrogen and oxygen atoms in total. The number of benzene rings is 1. The van der Waals surface area contributed by atoms with Gasteiger partial charge in [-0.25, -0.2) is 9.78 Å². The third kappa shape index (κ3) is 4.06. The van der Waals surface area contributed by atoms with Crippen molar-refractivity contribution in [3.63, 3.8) is 0 Å². The number of nitrogens with zero attached hydrogens (tertiary/aromatic N) is 3. The van der Waals surface area contributed by atoms with Crippen LogP contribution in [0.3, 0.4) is 0 Å². The molecule has 4 rings (SSSR count). The van der Waals surface area contributed by atoms with Gasteiger partial charge in [-0.15, -0.1) is 11.3 Å². The van der Waals surface area contributed by atoms with Crippen molar-refractivity contribution >= 4 is 34.0 Å². The number of carbonyl (C=O) groups is 1. The largest absolute Gasteiger partial charge is 0.332 e. The summed E-state index contributed by atoms with van der Waals surface area (Å²) in [6.45, 7) is 5.78. The second-order valence-corrected chi connectivity index (χ2v) is 8.56. The van der Waals surface area contributed by atoms with Crippen LogP contribution < -0.4 is 16.6 Å². The van der Waals surface area contributed by atoms with E-state index in [0.29, 0.717) is 5.52 Å². The van der Waals surface area contributed by atoms with E-state index in [1.165, 1.54) is 22.1 Å². The Bertz CT molecular complexity index is 1380. The van der Waals surface area contributed by atoms with Crippen molar-refractivity contribution in [2.24, 2.45) is 0 Å². The van der Waals surface area contributed by atoms with Crippen LogP contribution in [0.25, 0.3) is 11.0 Å². The normalized spacial score (nSPS) is 11.1. The Morgan fingerprint density at radius 3 is 2.48 bits per heavy atom. The first-order chi connectivity index (χ1) is 14.8. The standard InChI is InChI=1S/C23H22N4O3S/c1-14-10-15(2)20(16(3)11-14)25-19(28)13-26-18-7-4-8-24-21(18)22(29)27(23(26)30)12-17-6-5-9-31-17/h4-11H,12-13H2,1-3H3,(H,25,28). The Morgan fingerprint density at radius 1 is 1.06 bits per heavy atom. The first kappa shape index (κ1) is 20.7. The topological polar surface area (TPSA) is 86.0 Å². The van der Waals surface area contributed by atoms with E-state index in [-0.39, 0.29) is 24.5 Å². The zero-order valence-corrected chi connectivity index (χ0v) is 18.3. The van der Waals surface area contributed by atoms with E-state index < -0.39 is 11.2 Å². The minimum absolute atomic E-state index is 0.139. The van der Waals surface area contributed by atoms with Crippen LogP contribution in [0.4, 0.5) is 5.69 Å². The van der Waals surface area contributed by atoms with Crippen molar-refractivity contribution in [3.05, 3.63) is 90.4 Å². The predicted octanol–water partition coefficient (Wildman–Crippen LogP) is 3.23. The third-order valence-electron chi connectivity index (χ3n) is 5.12. The molecule has 0 bridgehead atoms. The number of hydrogen-bond acceptors (Lipinski definition) is 5. The van der Waals surface area contributed by atoms with Crippen molar-refractivity contribution in [1.29, 1.82) is 0 Å². The number of fused-ring (bicyclic) bond motifs is 1. The molecule has 0 saturated carbocycles. The van der Waals surface area contributed by atoms with E-state index in [9.17, 15) is 14.4 Å². The van der Waals surface area contributed by atoms with Gasteiger partial charge in [0.1, 0.15) is 6.54 Å². The molecule has 158 valence electrons. The molecule has 4 aromatic rings. The van der Waals surface area contributed by atoms with Gasteiger partial charge in [0, 0.05) is 16.8 Å². The van der Waals surface area contributed by atoms with Gasteiger partial charge in [0.15, 0.2) is 5.52 Å². The summed E-state index contributed by atoms with van der Waals surface area (Å²) in [5, 5.41) is 4.81. The molecular weight excluding hydrogens is 412 g/mol. The van der Waals surface area contributed by atoms with Crippen molar-refractivity contribution in [2.45, 2.75) is 33.9 Å². The summed E-state index contributed by atoms with van der Waals surface area (Å²) >= 11 is 1.46. The maximum absolute atomic E-state index is 13.2. The summed E-state index contributed by atoms with van der Waals surface area (Å²) in [7, 11) is 0. The zero-order valence-electron chi connectivity index (χ0n) is 17.5. The summed E-state index contributed by atoms with van der Waals surface area (Å²) in [6.07, 6.45) is 1.51. The highest BCUT2D eigenvalue weighted by molar-refractivity contribution is 7.09. The fraction of sp³-hybridized carbons (Fsp3) is 0.217. The van der Waals surface area contributed by atoms with Crippen LogP contribution in [0.2, 0.25) is 0 Å². The summed E-state index contributed by atoms with van der Waals surface area (Å²) in [4.78, 5) is 44.1. The Hall–Kier alpha value is -3.52. The molecule has 1 aromatic carbocycles. The summed E-state index contributed by atoms with van der Waals surface area (Å²) in [5.41, 5.74) is 3.25. The van der Waals surface area contributed by atoms with Crippen molar-refractivity contribution in [2.75, 3.05) is 5.32 Å². The molecule has 0 atom stereocenters. The lowest BCUT2D eigenvalue weighted by Gasteiger charge is -2.15. The minimum atomic E-state index is -0.536. The Kier molecular flexibility index (Phi) is 5.56. The number of anilines is 1. The molecule has 0 radical (unpaired) electrons. The van der Waals surface area contributed by atoms with Crippen molar-refractivity contribution in [1.82, 2.24) is 14.1 Å². The third-order valence-corrected chi connectivity index (χ3v) is 5.99. The second-order valence-electron chi connectivity index (χ2n) is 7.53. The quantitative estimate of drug-likeness (QED) is 0.523. The second kappa shape index (κ2) is 8.31. The molecule has 0 unspecified atom stereocenters. The fourth-order valence-corrected chi connectivity index (χ4v) is 4.49. The van der Waals surface area contributed by atoms with Gasteiger partial charge in [0.2, 0.25) is 5.91 Å². The summed E-state index contributed by atoms with van der Waals surface area (Å²) in [5.74, 6) is -0.344. The molecule has 8 heteroatoms. The first-order valence-electron chi connectivity index (χ1n) is 9.83. The highest BCUT2D eigenvalue weighted by Crippen LogP contribution is 2.22. The van der Waals surface area contributed by atoms with Crippen LogP contribution in [0.1, 0.15) is 21.6 Å². The van der Waals surface area contributed by atoms with Gasteiger partial charge >= 0.3 is 5.69 Å². The molecule has 0 aliphatic rings. The van der Waals surface area contributed by atoms with E-state index >= 15 is 0 Å². The van der Waals surface area contributed by atoms with Gasteiger partial charge in [-0.05, 0) is 55.5 Å². The van der Waals surface area contributed by atoms with Crippen LogP contribution in [0.5, 0.6) is 0 Å². The van der Waals surface area contributed by atoms with Gasteiger partial charge in [-0.2, -0.15) is 0 Å². The lowest BCUT2D eigenvalue weighted by atomic mass is 10.1. The Labute approximate surface area is 182 Å². The predicted molar refractivity (Wildman–Crippen MR) is 123 cm³/mol. The highest BCUT2D eigenvalue weighted by atomic mass is 32.1. The van der Waals surface area contributed by atoms with Crippen molar-refractivity contribution in [3.8, 4) is 0 Å². The van der Waals surface area contributed by atoms with Gasteiger partial charge < -0.3 is 5.32 Å². The first-order valence-corrected chi connectivity index (χ1v) is 10.7. The van der Waals surface area contributed by atoms with E-state index in [1.807, 2.05) is 50.4 Å². The van der Waals surface area contributed by atoms with Gasteiger partial charge in [0.25, 0.3) is 5.56 Å². The minimum Gasteiger partial charge on any atom is -0.324 e. The number of hydrogen-bond donors (Lipinski definition) is 1. The van der Waals surface area contributed by atoms with E-state index in [0.717, 1.165) is 31.8 Å². The highest BCUT2D eigenvalue weighted by Gasteiger charge is 2.17. The molecule has 1 amide bonds. The molecule has 1 N–H and O–H groups in total. The molecule has 3 heterocycles. The van der Waals surface area contributed by atoms with Crippen molar-refractivity contribution < 1.29 is 4.79 Å². The maximum atomic E-state index is 13.2. The average molecular weight is 435 g/mol. The number of nitrogens with one attached hydrogen (secondary N) is 1. The molecule has 0 aliphatic heterocycles. The molecule has 31 heavy (non-hydrogen) atoms. The Balaban J connectivity index is 1.76. The van der Waals surface area contributed by atoms with Gasteiger partial charge in [0.05, 0.1) is 12.1 Å². The molecule has 3 aromatic heterocycles. The number of rotatable bonds is 5. The SMILES string of the molecule is Cc1cc(C)c(NC(=O)Cn2c(=O)n(Cc3cccs3)c(=O)c3ncccc32)c(C)c1. The van der Waals surface area contributed by atoms with E-state index in [2.05, 4.69) is 10.3 Å². The molecule has 0 fully saturated rings. The van der Waals surface area contributed by atoms with Crippen LogP contribution in [0, 0.1) is 20.8 Å². The monoisotopic (exact) mass is 434 g/mol. The van der Waals surface area contributed by atoms with Crippen LogP contribution >= 0.6 is 11.3 Å². The summed E-state index contributed by atoms with van der Waals surface area (Å²) in [6, 6.07) is 11.0. The number of amides is 1. The lowest BCUT2D eigenvalue weighted by molar-refractivity contribution is -0.116. The molecular formula is C23H22N4O3S. The van der Waals surface area contributed by atoms with Gasteiger partial charge in [-0.3, -0.25) is 18.7 Å². The number of thiophene rings is 1. The smallest absolute Gasteiger partial charge is 0.324 e. The van der Waals surface area contributed by atoms with Crippen LogP contribution in [-0.2, 0) is 17.9 Å². The number of aromatic nitrogens is 3. The average Bonchev–Trinajstić information content (AvgIpc) is 3.24. The van der Waals surface area contributed by atoms with E-state index in [1.54, 1.807) is 12.1 Å². The maximum Gasteiger partial charge on any atom is 0.332 e. The zero-order chi connectivity index (χ0) is 22.1. The number of pyridine rings is 1.